The van der Waals surface area contributed by atoms with Gasteiger partial charge in [0.1, 0.15) is 18.3 Å². The minimum Gasteiger partial charge on any atom is -0.374 e. The third-order valence-corrected chi connectivity index (χ3v) is 4.32. The quantitative estimate of drug-likeness (QED) is 0.527. The number of aromatic nitrogens is 3. The van der Waals surface area contributed by atoms with Gasteiger partial charge < -0.3 is 9.26 Å². The van der Waals surface area contributed by atoms with E-state index in [0.29, 0.717) is 6.61 Å². The van der Waals surface area contributed by atoms with E-state index >= 15 is 0 Å². The Morgan fingerprint density at radius 2 is 2.08 bits per heavy atom. The van der Waals surface area contributed by atoms with E-state index in [-0.39, 0.29) is 6.10 Å². The topological polar surface area (TPSA) is 53.1 Å². The van der Waals surface area contributed by atoms with Crippen LogP contribution in [0.1, 0.15) is 25.5 Å². The van der Waals surface area contributed by atoms with Crippen molar-refractivity contribution in [3.8, 4) is 16.9 Å². The van der Waals surface area contributed by atoms with Crippen LogP contribution in [-0.2, 0) is 4.74 Å². The van der Waals surface area contributed by atoms with Crippen LogP contribution in [0.5, 0.6) is 0 Å². The Kier molecular flexibility index (Phi) is 4.07. The molecule has 0 spiro atoms. The van der Waals surface area contributed by atoms with Gasteiger partial charge in [-0.25, -0.2) is 4.98 Å². The molecule has 5 nitrogen and oxygen atoms in total. The SMILES string of the molecule is CCOC(C)c1ccc2c(c1)ncn2-c1cccc(-c2ccon2)c1. The van der Waals surface area contributed by atoms with Gasteiger partial charge in [0.2, 0.25) is 0 Å². The molecule has 5 heteroatoms. The number of rotatable bonds is 5. The van der Waals surface area contributed by atoms with Crippen LogP contribution in [0.15, 0.2) is 65.6 Å². The van der Waals surface area contributed by atoms with Gasteiger partial charge in [0.25, 0.3) is 0 Å². The molecule has 0 N–H and O–H groups in total. The van der Waals surface area contributed by atoms with E-state index in [4.69, 9.17) is 9.26 Å². The summed E-state index contributed by atoms with van der Waals surface area (Å²) in [6.07, 6.45) is 3.49. The van der Waals surface area contributed by atoms with Gasteiger partial charge in [0.05, 0.1) is 17.1 Å². The Hall–Kier alpha value is -2.92. The number of hydrogen-bond acceptors (Lipinski definition) is 4. The summed E-state index contributed by atoms with van der Waals surface area (Å²) in [5.74, 6) is 0. The van der Waals surface area contributed by atoms with E-state index in [1.54, 1.807) is 6.26 Å². The van der Waals surface area contributed by atoms with Crippen LogP contribution in [0, 0.1) is 0 Å². The second-order valence-corrected chi connectivity index (χ2v) is 5.90. The molecule has 2 heterocycles. The van der Waals surface area contributed by atoms with E-state index in [9.17, 15) is 0 Å². The van der Waals surface area contributed by atoms with Crippen LogP contribution in [0.2, 0.25) is 0 Å². The lowest BCUT2D eigenvalue weighted by Gasteiger charge is -2.12. The maximum atomic E-state index is 5.67. The van der Waals surface area contributed by atoms with Crippen molar-refractivity contribution in [3.05, 3.63) is 66.7 Å². The van der Waals surface area contributed by atoms with E-state index < -0.39 is 0 Å². The highest BCUT2D eigenvalue weighted by molar-refractivity contribution is 5.78. The zero-order valence-corrected chi connectivity index (χ0v) is 14.2. The summed E-state index contributed by atoms with van der Waals surface area (Å²) < 4.78 is 12.7. The molecule has 0 saturated carbocycles. The Balaban J connectivity index is 1.74. The first-order valence-corrected chi connectivity index (χ1v) is 8.36. The monoisotopic (exact) mass is 333 g/mol. The lowest BCUT2D eigenvalue weighted by molar-refractivity contribution is 0.0765. The van der Waals surface area contributed by atoms with Crippen molar-refractivity contribution in [1.82, 2.24) is 14.7 Å². The van der Waals surface area contributed by atoms with Crippen LogP contribution in [0.25, 0.3) is 28.0 Å². The molecule has 1 atom stereocenters. The number of nitrogens with zero attached hydrogens (tertiary/aromatic N) is 3. The fraction of sp³-hybridized carbons (Fsp3) is 0.200. The molecule has 2 aromatic heterocycles. The minimum atomic E-state index is 0.0649. The normalized spacial score (nSPS) is 12.6. The summed E-state index contributed by atoms with van der Waals surface area (Å²) >= 11 is 0. The first-order valence-electron chi connectivity index (χ1n) is 8.36. The molecule has 4 rings (SSSR count). The van der Waals surface area contributed by atoms with Gasteiger partial charge in [-0.15, -0.1) is 0 Å². The summed E-state index contributed by atoms with van der Waals surface area (Å²) in [7, 11) is 0. The Labute approximate surface area is 145 Å². The number of benzene rings is 2. The maximum Gasteiger partial charge on any atom is 0.124 e. The number of hydrogen-bond donors (Lipinski definition) is 0. The summed E-state index contributed by atoms with van der Waals surface area (Å²) in [6, 6.07) is 16.3. The third-order valence-electron chi connectivity index (χ3n) is 4.32. The largest absolute Gasteiger partial charge is 0.374 e. The fourth-order valence-corrected chi connectivity index (χ4v) is 3.01. The average molecular weight is 333 g/mol. The second kappa shape index (κ2) is 6.53. The molecule has 0 radical (unpaired) electrons. The molecule has 0 saturated heterocycles. The van der Waals surface area contributed by atoms with Gasteiger partial charge in [-0.1, -0.05) is 23.4 Å². The molecule has 2 aromatic carbocycles. The first kappa shape index (κ1) is 15.6. The standard InChI is InChI=1S/C20H19N3O2/c1-3-24-14(2)15-7-8-20-19(12-15)21-13-23(20)17-6-4-5-16(11-17)18-9-10-25-22-18/h4-14H,3H2,1-2H3. The van der Waals surface area contributed by atoms with Crippen molar-refractivity contribution in [2.75, 3.05) is 6.61 Å². The van der Waals surface area contributed by atoms with E-state index in [0.717, 1.165) is 33.5 Å². The molecule has 0 aliphatic carbocycles. The molecule has 0 bridgehead atoms. The molecule has 4 aromatic rings. The fourth-order valence-electron chi connectivity index (χ4n) is 3.01. The number of ether oxygens (including phenoxy) is 1. The predicted molar refractivity (Wildman–Crippen MR) is 96.6 cm³/mol. The maximum absolute atomic E-state index is 5.67. The molecule has 0 aliphatic heterocycles. The van der Waals surface area contributed by atoms with Crippen molar-refractivity contribution in [3.63, 3.8) is 0 Å². The smallest absolute Gasteiger partial charge is 0.124 e. The van der Waals surface area contributed by atoms with Crippen LogP contribution in [0.3, 0.4) is 0 Å². The van der Waals surface area contributed by atoms with Crippen molar-refractivity contribution in [2.24, 2.45) is 0 Å². The van der Waals surface area contributed by atoms with Crippen LogP contribution in [-0.4, -0.2) is 21.3 Å². The Morgan fingerprint density at radius 1 is 1.16 bits per heavy atom. The van der Waals surface area contributed by atoms with Crippen LogP contribution < -0.4 is 0 Å². The van der Waals surface area contributed by atoms with Gasteiger partial charge in [-0.3, -0.25) is 4.57 Å². The molecular weight excluding hydrogens is 314 g/mol. The zero-order chi connectivity index (χ0) is 17.2. The Morgan fingerprint density at radius 3 is 2.88 bits per heavy atom. The molecule has 1 unspecified atom stereocenters. The summed E-state index contributed by atoms with van der Waals surface area (Å²) in [5, 5.41) is 4.01. The molecule has 0 amide bonds. The molecule has 126 valence electrons. The van der Waals surface area contributed by atoms with Gasteiger partial charge in [-0.05, 0) is 43.7 Å². The first-order chi connectivity index (χ1) is 12.3. The van der Waals surface area contributed by atoms with Crippen molar-refractivity contribution in [2.45, 2.75) is 20.0 Å². The van der Waals surface area contributed by atoms with Gasteiger partial charge in [0, 0.05) is 23.9 Å². The van der Waals surface area contributed by atoms with Crippen LogP contribution >= 0.6 is 0 Å². The van der Waals surface area contributed by atoms with Crippen molar-refractivity contribution >= 4 is 11.0 Å². The third kappa shape index (κ3) is 2.94. The summed E-state index contributed by atoms with van der Waals surface area (Å²) in [6.45, 7) is 4.76. The summed E-state index contributed by atoms with van der Waals surface area (Å²) in [5.41, 5.74) is 6.01. The predicted octanol–water partition coefficient (Wildman–Crippen LogP) is 4.78. The number of imidazole rings is 1. The summed E-state index contributed by atoms with van der Waals surface area (Å²) in [4.78, 5) is 4.56. The highest BCUT2D eigenvalue weighted by Crippen LogP contribution is 2.26. The zero-order valence-electron chi connectivity index (χ0n) is 14.2. The lowest BCUT2D eigenvalue weighted by Crippen LogP contribution is -1.99. The molecule has 0 fully saturated rings. The minimum absolute atomic E-state index is 0.0649. The van der Waals surface area contributed by atoms with Gasteiger partial charge in [0.15, 0.2) is 0 Å². The van der Waals surface area contributed by atoms with E-state index in [1.807, 2.05) is 31.5 Å². The van der Waals surface area contributed by atoms with E-state index in [1.165, 1.54) is 0 Å². The lowest BCUT2D eigenvalue weighted by atomic mass is 10.1. The molecule has 0 aliphatic rings. The van der Waals surface area contributed by atoms with Crippen LogP contribution in [0.4, 0.5) is 0 Å². The number of fused-ring (bicyclic) bond motifs is 1. The molecule has 25 heavy (non-hydrogen) atoms. The van der Waals surface area contributed by atoms with Gasteiger partial charge in [-0.2, -0.15) is 0 Å². The highest BCUT2D eigenvalue weighted by atomic mass is 16.5. The van der Waals surface area contributed by atoms with Gasteiger partial charge >= 0.3 is 0 Å². The highest BCUT2D eigenvalue weighted by Gasteiger charge is 2.10. The molecular formula is C20H19N3O2. The van der Waals surface area contributed by atoms with Crippen molar-refractivity contribution < 1.29 is 9.26 Å². The Bertz CT molecular complexity index is 989. The van der Waals surface area contributed by atoms with Crippen molar-refractivity contribution in [1.29, 1.82) is 0 Å². The second-order valence-electron chi connectivity index (χ2n) is 5.90. The van der Waals surface area contributed by atoms with E-state index in [2.05, 4.69) is 52.0 Å². The average Bonchev–Trinajstić information content (AvgIpc) is 3.31.